The maximum Gasteiger partial charge on any atom is 0.306 e. The largest absolute Gasteiger partial charge is 0.466 e. The molecule has 0 rings (SSSR count). The summed E-state index contributed by atoms with van der Waals surface area (Å²) in [6.45, 7) is 3.90. The number of aliphatic hydroxyl groups excluding tert-OH is 2. The van der Waals surface area contributed by atoms with Crippen LogP contribution in [0.4, 0.5) is 0 Å². The van der Waals surface area contributed by atoms with Crippen molar-refractivity contribution in [1.29, 1.82) is 0 Å². The van der Waals surface area contributed by atoms with Crippen molar-refractivity contribution in [3.63, 3.8) is 0 Å². The van der Waals surface area contributed by atoms with E-state index in [9.17, 15) is 9.59 Å². The Balaban J connectivity index is 0. The molecule has 0 heterocycles. The van der Waals surface area contributed by atoms with Crippen molar-refractivity contribution in [2.24, 2.45) is 0 Å². The fraction of sp³-hybridized carbons (Fsp3) is 0.800. The molecule has 0 unspecified atom stereocenters. The highest BCUT2D eigenvalue weighted by atomic mass is 16.5. The zero-order chi connectivity index (χ0) is 12.8. The van der Waals surface area contributed by atoms with Crippen LogP contribution in [-0.2, 0) is 19.1 Å². The summed E-state index contributed by atoms with van der Waals surface area (Å²) in [6, 6.07) is 0. The Labute approximate surface area is 95.2 Å². The van der Waals surface area contributed by atoms with Crippen molar-refractivity contribution >= 4 is 11.9 Å². The summed E-state index contributed by atoms with van der Waals surface area (Å²) in [5.41, 5.74) is 0. The minimum Gasteiger partial charge on any atom is -0.466 e. The van der Waals surface area contributed by atoms with E-state index in [-0.39, 0.29) is 38.0 Å². The number of hydrogen-bond acceptors (Lipinski definition) is 6. The summed E-state index contributed by atoms with van der Waals surface area (Å²) in [7, 11) is 0. The fourth-order valence-corrected chi connectivity index (χ4v) is 0.670. The monoisotopic (exact) mass is 236 g/mol. The summed E-state index contributed by atoms with van der Waals surface area (Å²) in [4.78, 5) is 21.4. The van der Waals surface area contributed by atoms with Gasteiger partial charge in [0.05, 0.1) is 39.3 Å². The van der Waals surface area contributed by atoms with Crippen molar-refractivity contribution < 1.29 is 29.3 Å². The lowest BCUT2D eigenvalue weighted by Gasteiger charge is -2.01. The topological polar surface area (TPSA) is 93.1 Å². The van der Waals surface area contributed by atoms with Crippen LogP contribution in [0.25, 0.3) is 0 Å². The minimum absolute atomic E-state index is 0.104. The predicted octanol–water partition coefficient (Wildman–Crippen LogP) is -0.136. The van der Waals surface area contributed by atoms with Crippen molar-refractivity contribution in [3.05, 3.63) is 0 Å². The van der Waals surface area contributed by atoms with E-state index in [2.05, 4.69) is 9.47 Å². The first-order valence-corrected chi connectivity index (χ1v) is 5.15. The molecule has 0 aliphatic heterocycles. The first-order chi connectivity index (χ1) is 7.62. The molecule has 16 heavy (non-hydrogen) atoms. The highest BCUT2D eigenvalue weighted by Crippen LogP contribution is 1.95. The van der Waals surface area contributed by atoms with Gasteiger partial charge in [0.1, 0.15) is 0 Å². The number of ether oxygens (including phenoxy) is 2. The second-order valence-electron chi connectivity index (χ2n) is 2.56. The van der Waals surface area contributed by atoms with Gasteiger partial charge in [-0.25, -0.2) is 0 Å². The Morgan fingerprint density at radius 1 is 0.875 bits per heavy atom. The van der Waals surface area contributed by atoms with Crippen LogP contribution in [0.5, 0.6) is 0 Å². The van der Waals surface area contributed by atoms with Gasteiger partial charge in [-0.05, 0) is 13.8 Å². The summed E-state index contributed by atoms with van der Waals surface area (Å²) in [5.74, 6) is -0.712. The van der Waals surface area contributed by atoms with Crippen LogP contribution in [-0.4, -0.2) is 48.6 Å². The average molecular weight is 236 g/mol. The molecule has 0 aliphatic carbocycles. The Morgan fingerprint density at radius 2 is 1.19 bits per heavy atom. The molecule has 0 aromatic carbocycles. The number of carbonyl (C=O) groups is 2. The van der Waals surface area contributed by atoms with Gasteiger partial charge in [0, 0.05) is 0 Å². The van der Waals surface area contributed by atoms with Crippen molar-refractivity contribution in [2.45, 2.75) is 26.7 Å². The molecule has 6 heteroatoms. The van der Waals surface area contributed by atoms with Gasteiger partial charge >= 0.3 is 11.9 Å². The lowest BCUT2D eigenvalue weighted by Crippen LogP contribution is -2.09. The maximum atomic E-state index is 10.7. The van der Waals surface area contributed by atoms with Crippen molar-refractivity contribution in [2.75, 3.05) is 26.4 Å². The highest BCUT2D eigenvalue weighted by molar-refractivity contribution is 5.77. The molecule has 0 saturated heterocycles. The Hall–Kier alpha value is -1.14. The third-order valence-corrected chi connectivity index (χ3v) is 1.24. The van der Waals surface area contributed by atoms with E-state index in [0.29, 0.717) is 13.2 Å². The molecule has 0 spiro atoms. The summed E-state index contributed by atoms with van der Waals surface area (Å²) >= 11 is 0. The second-order valence-corrected chi connectivity index (χ2v) is 2.56. The number of hydrogen-bond donors (Lipinski definition) is 2. The molecule has 0 saturated carbocycles. The third kappa shape index (κ3) is 15.3. The zero-order valence-electron chi connectivity index (χ0n) is 9.77. The van der Waals surface area contributed by atoms with Crippen molar-refractivity contribution in [1.82, 2.24) is 0 Å². The van der Waals surface area contributed by atoms with Crippen LogP contribution in [0.3, 0.4) is 0 Å². The molecule has 0 aromatic heterocycles. The van der Waals surface area contributed by atoms with Gasteiger partial charge < -0.3 is 19.7 Å². The number of esters is 2. The molecule has 6 nitrogen and oxygen atoms in total. The molecule has 0 atom stereocenters. The first-order valence-electron chi connectivity index (χ1n) is 5.15. The molecule has 0 amide bonds. The molecule has 0 fully saturated rings. The van der Waals surface area contributed by atoms with Crippen molar-refractivity contribution in [3.8, 4) is 0 Å². The molecule has 0 radical (unpaired) electrons. The van der Waals surface area contributed by atoms with Gasteiger partial charge in [-0.2, -0.15) is 0 Å². The van der Waals surface area contributed by atoms with Crippen LogP contribution in [0.1, 0.15) is 26.7 Å². The summed E-state index contributed by atoms with van der Waals surface area (Å²) in [5, 5.41) is 15.2. The lowest BCUT2D eigenvalue weighted by molar-refractivity contribution is -0.149. The SMILES string of the molecule is CCOC(=O)CCC(=O)OCC.OCCO. The van der Waals surface area contributed by atoms with Gasteiger partial charge in [0.15, 0.2) is 0 Å². The molecular weight excluding hydrogens is 216 g/mol. The van der Waals surface area contributed by atoms with Crippen LogP contribution in [0.15, 0.2) is 0 Å². The zero-order valence-corrected chi connectivity index (χ0v) is 9.77. The molecular formula is C10H20O6. The highest BCUT2D eigenvalue weighted by Gasteiger charge is 2.06. The lowest BCUT2D eigenvalue weighted by atomic mass is 10.3. The summed E-state index contributed by atoms with van der Waals surface area (Å²) < 4.78 is 9.25. The first kappa shape index (κ1) is 17.3. The van der Waals surface area contributed by atoms with E-state index in [4.69, 9.17) is 10.2 Å². The Morgan fingerprint density at radius 3 is 1.38 bits per heavy atom. The van der Waals surface area contributed by atoms with Crippen LogP contribution in [0.2, 0.25) is 0 Å². The normalized spacial score (nSPS) is 8.75. The molecule has 96 valence electrons. The Bertz CT molecular complexity index is 160. The van der Waals surface area contributed by atoms with E-state index in [1.165, 1.54) is 0 Å². The summed E-state index contributed by atoms with van der Waals surface area (Å²) in [6.07, 6.45) is 0.208. The molecule has 0 bridgehead atoms. The Kier molecular flexibility index (Phi) is 15.0. The third-order valence-electron chi connectivity index (χ3n) is 1.24. The molecule has 0 aliphatic rings. The smallest absolute Gasteiger partial charge is 0.306 e. The van der Waals surface area contributed by atoms with Gasteiger partial charge in [0.25, 0.3) is 0 Å². The molecule has 2 N–H and O–H groups in total. The van der Waals surface area contributed by atoms with Gasteiger partial charge in [-0.1, -0.05) is 0 Å². The second kappa shape index (κ2) is 13.9. The van der Waals surface area contributed by atoms with E-state index < -0.39 is 0 Å². The number of carbonyl (C=O) groups excluding carboxylic acids is 2. The van der Waals surface area contributed by atoms with E-state index >= 15 is 0 Å². The maximum absolute atomic E-state index is 10.7. The minimum atomic E-state index is -0.356. The van der Waals surface area contributed by atoms with Gasteiger partial charge in [-0.15, -0.1) is 0 Å². The average Bonchev–Trinajstić information content (AvgIpc) is 2.28. The number of rotatable bonds is 6. The van der Waals surface area contributed by atoms with Crippen LogP contribution < -0.4 is 0 Å². The standard InChI is InChI=1S/C8H14O4.C2H6O2/c1-3-11-7(9)5-6-8(10)12-4-2;3-1-2-4/h3-6H2,1-2H3;3-4H,1-2H2. The van der Waals surface area contributed by atoms with Crippen LogP contribution >= 0.6 is 0 Å². The van der Waals surface area contributed by atoms with E-state index in [1.807, 2.05) is 0 Å². The predicted molar refractivity (Wildman–Crippen MR) is 56.7 cm³/mol. The number of aliphatic hydroxyl groups is 2. The van der Waals surface area contributed by atoms with Gasteiger partial charge in [0.2, 0.25) is 0 Å². The van der Waals surface area contributed by atoms with E-state index in [0.717, 1.165) is 0 Å². The fourth-order valence-electron chi connectivity index (χ4n) is 0.670. The quantitative estimate of drug-likeness (QED) is 0.624. The molecule has 0 aromatic rings. The van der Waals surface area contributed by atoms with Gasteiger partial charge in [-0.3, -0.25) is 9.59 Å². The van der Waals surface area contributed by atoms with E-state index in [1.54, 1.807) is 13.8 Å². The van der Waals surface area contributed by atoms with Crippen LogP contribution in [0, 0.1) is 0 Å².